The van der Waals surface area contributed by atoms with E-state index in [9.17, 15) is 0 Å². The number of para-hydroxylation sites is 1. The molecule has 0 saturated carbocycles. The van der Waals surface area contributed by atoms with Crippen LogP contribution in [0, 0.1) is 0 Å². The highest BCUT2D eigenvalue weighted by atomic mass is 15.2. The minimum Gasteiger partial charge on any atom is -0.329 e. The molecule has 3 aromatic rings. The van der Waals surface area contributed by atoms with Gasteiger partial charge in [-0.15, -0.1) is 0 Å². The Balaban J connectivity index is 2.15. The molecule has 0 atom stereocenters. The van der Waals surface area contributed by atoms with Crippen molar-refractivity contribution in [3.05, 3.63) is 66.4 Å². The predicted molar refractivity (Wildman–Crippen MR) is 84.1 cm³/mol. The van der Waals surface area contributed by atoms with Crippen LogP contribution in [0.5, 0.6) is 0 Å². The highest BCUT2D eigenvalue weighted by Gasteiger charge is 2.11. The SMILES string of the molecule is CN(c1ccccc1CN)c1nccc2ccccc12. The quantitative estimate of drug-likeness (QED) is 0.787. The first-order valence-electron chi connectivity index (χ1n) is 6.66. The van der Waals surface area contributed by atoms with Crippen LogP contribution in [-0.4, -0.2) is 12.0 Å². The van der Waals surface area contributed by atoms with Gasteiger partial charge in [0.25, 0.3) is 0 Å². The first-order chi connectivity index (χ1) is 9.81. The van der Waals surface area contributed by atoms with Crippen molar-refractivity contribution in [2.24, 2.45) is 5.73 Å². The van der Waals surface area contributed by atoms with Crippen LogP contribution in [0.4, 0.5) is 11.5 Å². The van der Waals surface area contributed by atoms with Crippen LogP contribution in [0.3, 0.4) is 0 Å². The lowest BCUT2D eigenvalue weighted by atomic mass is 10.1. The molecule has 0 aliphatic rings. The van der Waals surface area contributed by atoms with Gasteiger partial charge in [0, 0.05) is 30.9 Å². The number of nitrogens with two attached hydrogens (primary N) is 1. The van der Waals surface area contributed by atoms with E-state index in [0.29, 0.717) is 6.54 Å². The largest absolute Gasteiger partial charge is 0.329 e. The van der Waals surface area contributed by atoms with Crippen molar-refractivity contribution in [1.29, 1.82) is 0 Å². The summed E-state index contributed by atoms with van der Waals surface area (Å²) in [6, 6.07) is 18.5. The molecule has 0 unspecified atom stereocenters. The summed E-state index contributed by atoms with van der Waals surface area (Å²) in [5, 5.41) is 2.33. The molecule has 1 heterocycles. The average molecular weight is 263 g/mol. The summed E-state index contributed by atoms with van der Waals surface area (Å²) in [6.07, 6.45) is 1.85. The van der Waals surface area contributed by atoms with E-state index in [0.717, 1.165) is 22.5 Å². The van der Waals surface area contributed by atoms with Crippen LogP contribution in [-0.2, 0) is 6.54 Å². The molecule has 0 saturated heterocycles. The van der Waals surface area contributed by atoms with Crippen LogP contribution in [0.15, 0.2) is 60.8 Å². The molecule has 100 valence electrons. The van der Waals surface area contributed by atoms with Gasteiger partial charge in [-0.25, -0.2) is 4.98 Å². The zero-order valence-corrected chi connectivity index (χ0v) is 11.5. The second kappa shape index (κ2) is 5.31. The fourth-order valence-corrected chi connectivity index (χ4v) is 2.50. The van der Waals surface area contributed by atoms with E-state index in [4.69, 9.17) is 5.73 Å². The van der Waals surface area contributed by atoms with Crippen molar-refractivity contribution < 1.29 is 0 Å². The van der Waals surface area contributed by atoms with Gasteiger partial charge in [0.1, 0.15) is 5.82 Å². The Hall–Kier alpha value is -2.39. The monoisotopic (exact) mass is 263 g/mol. The number of pyridine rings is 1. The number of anilines is 2. The second-order valence-corrected chi connectivity index (χ2v) is 4.75. The fraction of sp³-hybridized carbons (Fsp3) is 0.118. The molecule has 0 bridgehead atoms. The van der Waals surface area contributed by atoms with Crippen molar-refractivity contribution in [3.63, 3.8) is 0 Å². The van der Waals surface area contributed by atoms with E-state index in [1.54, 1.807) is 0 Å². The van der Waals surface area contributed by atoms with E-state index in [-0.39, 0.29) is 0 Å². The second-order valence-electron chi connectivity index (χ2n) is 4.75. The molecular weight excluding hydrogens is 246 g/mol. The Morgan fingerprint density at radius 3 is 2.60 bits per heavy atom. The zero-order chi connectivity index (χ0) is 13.9. The third-order valence-electron chi connectivity index (χ3n) is 3.54. The molecule has 3 nitrogen and oxygen atoms in total. The number of hydrogen-bond donors (Lipinski definition) is 1. The molecule has 0 aliphatic heterocycles. The summed E-state index contributed by atoms with van der Waals surface area (Å²) in [7, 11) is 2.03. The van der Waals surface area contributed by atoms with Crippen LogP contribution < -0.4 is 10.6 Å². The summed E-state index contributed by atoms with van der Waals surface area (Å²) < 4.78 is 0. The van der Waals surface area contributed by atoms with Gasteiger partial charge in [-0.05, 0) is 23.1 Å². The lowest BCUT2D eigenvalue weighted by Gasteiger charge is -2.22. The molecule has 2 aromatic carbocycles. The molecule has 0 aliphatic carbocycles. The van der Waals surface area contributed by atoms with Gasteiger partial charge >= 0.3 is 0 Å². The smallest absolute Gasteiger partial charge is 0.140 e. The molecule has 0 spiro atoms. The highest BCUT2D eigenvalue weighted by molar-refractivity contribution is 5.93. The summed E-state index contributed by atoms with van der Waals surface area (Å²) in [6.45, 7) is 0.519. The first kappa shape index (κ1) is 12.6. The number of hydrogen-bond acceptors (Lipinski definition) is 3. The first-order valence-corrected chi connectivity index (χ1v) is 6.66. The standard InChI is InChI=1S/C17H17N3/c1-20(16-9-5-3-7-14(16)12-18)17-15-8-4-2-6-13(15)10-11-19-17/h2-11H,12,18H2,1H3. The molecule has 2 N–H and O–H groups in total. The molecule has 20 heavy (non-hydrogen) atoms. The number of aromatic nitrogens is 1. The maximum absolute atomic E-state index is 5.83. The number of benzene rings is 2. The highest BCUT2D eigenvalue weighted by Crippen LogP contribution is 2.30. The van der Waals surface area contributed by atoms with Crippen LogP contribution in [0.25, 0.3) is 10.8 Å². The minimum absolute atomic E-state index is 0.519. The number of fused-ring (bicyclic) bond motifs is 1. The van der Waals surface area contributed by atoms with Gasteiger partial charge in [-0.1, -0.05) is 42.5 Å². The van der Waals surface area contributed by atoms with Crippen molar-refractivity contribution in [3.8, 4) is 0 Å². The molecule has 1 aromatic heterocycles. The van der Waals surface area contributed by atoms with E-state index in [2.05, 4.69) is 34.1 Å². The van der Waals surface area contributed by atoms with Crippen molar-refractivity contribution in [2.45, 2.75) is 6.54 Å². The Bertz CT molecular complexity index is 732. The van der Waals surface area contributed by atoms with Gasteiger partial charge in [-0.2, -0.15) is 0 Å². The zero-order valence-electron chi connectivity index (χ0n) is 11.5. The third-order valence-corrected chi connectivity index (χ3v) is 3.54. The van der Waals surface area contributed by atoms with Crippen molar-refractivity contribution in [2.75, 3.05) is 11.9 Å². The third kappa shape index (κ3) is 2.12. The molecule has 3 rings (SSSR count). The van der Waals surface area contributed by atoms with Gasteiger partial charge in [-0.3, -0.25) is 0 Å². The lowest BCUT2D eigenvalue weighted by molar-refractivity contribution is 1.04. The molecule has 0 fully saturated rings. The summed E-state index contributed by atoms with van der Waals surface area (Å²) in [5.41, 5.74) is 8.04. The van der Waals surface area contributed by atoms with Crippen molar-refractivity contribution >= 4 is 22.3 Å². The Labute approximate surface area is 118 Å². The topological polar surface area (TPSA) is 42.1 Å². The fourth-order valence-electron chi connectivity index (χ4n) is 2.50. The van der Waals surface area contributed by atoms with E-state index in [1.807, 2.05) is 43.6 Å². The Morgan fingerprint density at radius 1 is 1.00 bits per heavy atom. The molecule has 0 radical (unpaired) electrons. The van der Waals surface area contributed by atoms with Gasteiger partial charge in [0.05, 0.1) is 0 Å². The predicted octanol–water partition coefficient (Wildman–Crippen LogP) is 3.46. The maximum atomic E-state index is 5.83. The van der Waals surface area contributed by atoms with Crippen molar-refractivity contribution in [1.82, 2.24) is 4.98 Å². The normalized spacial score (nSPS) is 10.7. The van der Waals surface area contributed by atoms with Crippen LogP contribution >= 0.6 is 0 Å². The average Bonchev–Trinajstić information content (AvgIpc) is 2.53. The van der Waals surface area contributed by atoms with Crippen LogP contribution in [0.2, 0.25) is 0 Å². The summed E-state index contributed by atoms with van der Waals surface area (Å²) in [5.74, 6) is 0.948. The van der Waals surface area contributed by atoms with Crippen LogP contribution in [0.1, 0.15) is 5.56 Å². The van der Waals surface area contributed by atoms with E-state index >= 15 is 0 Å². The molecule has 0 amide bonds. The minimum atomic E-state index is 0.519. The Morgan fingerprint density at radius 2 is 1.75 bits per heavy atom. The van der Waals surface area contributed by atoms with E-state index in [1.165, 1.54) is 5.39 Å². The van der Waals surface area contributed by atoms with Gasteiger partial charge in [0.2, 0.25) is 0 Å². The lowest BCUT2D eigenvalue weighted by Crippen LogP contribution is -2.14. The summed E-state index contributed by atoms with van der Waals surface area (Å²) in [4.78, 5) is 6.65. The maximum Gasteiger partial charge on any atom is 0.140 e. The summed E-state index contributed by atoms with van der Waals surface area (Å²) >= 11 is 0. The van der Waals surface area contributed by atoms with Gasteiger partial charge in [0.15, 0.2) is 0 Å². The number of rotatable bonds is 3. The molecule has 3 heteroatoms. The van der Waals surface area contributed by atoms with E-state index < -0.39 is 0 Å². The number of nitrogens with zero attached hydrogens (tertiary/aromatic N) is 2. The van der Waals surface area contributed by atoms with Gasteiger partial charge < -0.3 is 10.6 Å². The molecular formula is C17H17N3. The Kier molecular flexibility index (Phi) is 3.35.